The number of nitrogens with one attached hydrogen (secondary N) is 1. The number of anilines is 1. The van der Waals surface area contributed by atoms with Gasteiger partial charge in [0.2, 0.25) is 11.9 Å². The summed E-state index contributed by atoms with van der Waals surface area (Å²) in [6, 6.07) is 1.25. The van der Waals surface area contributed by atoms with E-state index in [9.17, 15) is 18.0 Å². The van der Waals surface area contributed by atoms with Gasteiger partial charge in [-0.3, -0.25) is 4.79 Å². The zero-order valence-corrected chi connectivity index (χ0v) is 12.7. The number of piperidine rings is 1. The number of halogens is 3. The van der Waals surface area contributed by atoms with Gasteiger partial charge in [0.15, 0.2) is 0 Å². The Kier molecular flexibility index (Phi) is 4.73. The van der Waals surface area contributed by atoms with Crippen molar-refractivity contribution in [3.8, 4) is 6.07 Å². The van der Waals surface area contributed by atoms with Crippen molar-refractivity contribution in [1.29, 1.82) is 5.26 Å². The Morgan fingerprint density at radius 2 is 2.13 bits per heavy atom. The Balaban J connectivity index is 2.13. The second-order valence-electron chi connectivity index (χ2n) is 5.48. The highest BCUT2D eigenvalue weighted by Crippen LogP contribution is 2.32. The van der Waals surface area contributed by atoms with Crippen LogP contribution in [0.1, 0.15) is 31.2 Å². The number of nitrogens with zero attached hydrogens (tertiary/aromatic N) is 4. The molecule has 1 aliphatic heterocycles. The predicted molar refractivity (Wildman–Crippen MR) is 75.4 cm³/mol. The molecule has 6 nitrogen and oxygen atoms in total. The largest absolute Gasteiger partial charge is 0.408 e. The van der Waals surface area contributed by atoms with E-state index in [1.165, 1.54) is 6.07 Å². The van der Waals surface area contributed by atoms with Gasteiger partial charge in [0, 0.05) is 25.2 Å². The molecule has 1 N–H and O–H groups in total. The zero-order chi connectivity index (χ0) is 17.2. The van der Waals surface area contributed by atoms with E-state index in [0.29, 0.717) is 5.69 Å². The first-order valence-corrected chi connectivity index (χ1v) is 7.07. The summed E-state index contributed by atoms with van der Waals surface area (Å²) in [4.78, 5) is 20.4. The lowest BCUT2D eigenvalue weighted by Crippen LogP contribution is -2.55. The topological polar surface area (TPSA) is 81.9 Å². The molecule has 2 heterocycles. The maximum atomic E-state index is 13.0. The van der Waals surface area contributed by atoms with Crippen molar-refractivity contribution in [2.75, 3.05) is 11.9 Å². The summed E-state index contributed by atoms with van der Waals surface area (Å²) < 4.78 is 38.9. The average Bonchev–Trinajstić information content (AvgIpc) is 2.45. The van der Waals surface area contributed by atoms with Crippen molar-refractivity contribution in [2.45, 2.75) is 44.9 Å². The molecule has 0 saturated carbocycles. The standard InChI is InChI=1S/C14H16F3N5O/c1-8-5-11(6-18)21-13(19-8)20-10-3-4-12(14(15,16)17)22(7-10)9(2)23/h5,10,12H,3-4,7H2,1-2H3,(H,19,20,21)/t10-,12+/m1/s1. The van der Waals surface area contributed by atoms with Crippen LogP contribution in [0.4, 0.5) is 19.1 Å². The van der Waals surface area contributed by atoms with Crippen LogP contribution in [0, 0.1) is 18.3 Å². The van der Waals surface area contributed by atoms with Gasteiger partial charge in [-0.05, 0) is 25.8 Å². The number of rotatable bonds is 2. The van der Waals surface area contributed by atoms with Gasteiger partial charge in [-0.15, -0.1) is 0 Å². The molecular formula is C14H16F3N5O. The first-order chi connectivity index (χ1) is 10.7. The van der Waals surface area contributed by atoms with Crippen molar-refractivity contribution in [3.63, 3.8) is 0 Å². The maximum Gasteiger partial charge on any atom is 0.408 e. The summed E-state index contributed by atoms with van der Waals surface area (Å²) in [6.45, 7) is 2.73. The van der Waals surface area contributed by atoms with Crippen LogP contribution in [0.15, 0.2) is 6.07 Å². The highest BCUT2D eigenvalue weighted by atomic mass is 19.4. The molecule has 1 fully saturated rings. The lowest BCUT2D eigenvalue weighted by Gasteiger charge is -2.40. The van der Waals surface area contributed by atoms with Crippen LogP contribution in [0.2, 0.25) is 0 Å². The zero-order valence-electron chi connectivity index (χ0n) is 12.7. The van der Waals surface area contributed by atoms with E-state index in [4.69, 9.17) is 5.26 Å². The van der Waals surface area contributed by atoms with E-state index in [1.807, 2.05) is 6.07 Å². The first kappa shape index (κ1) is 17.0. The molecule has 1 saturated heterocycles. The minimum absolute atomic E-state index is 0.0846. The quantitative estimate of drug-likeness (QED) is 0.898. The van der Waals surface area contributed by atoms with Gasteiger partial charge in [-0.1, -0.05) is 0 Å². The summed E-state index contributed by atoms with van der Waals surface area (Å²) in [6.07, 6.45) is -4.39. The van der Waals surface area contributed by atoms with Crippen LogP contribution < -0.4 is 5.32 Å². The minimum Gasteiger partial charge on any atom is -0.350 e. The molecule has 1 aromatic heterocycles. The molecule has 1 amide bonds. The van der Waals surface area contributed by atoms with E-state index in [-0.39, 0.29) is 31.0 Å². The fourth-order valence-corrected chi connectivity index (χ4v) is 2.65. The number of carbonyl (C=O) groups excluding carboxylic acids is 1. The summed E-state index contributed by atoms with van der Waals surface area (Å²) >= 11 is 0. The molecule has 0 aliphatic carbocycles. The van der Waals surface area contributed by atoms with Crippen molar-refractivity contribution in [3.05, 3.63) is 17.5 Å². The molecule has 124 valence electrons. The van der Waals surface area contributed by atoms with Gasteiger partial charge in [0.1, 0.15) is 17.8 Å². The third kappa shape index (κ3) is 4.09. The van der Waals surface area contributed by atoms with Crippen LogP contribution in [0.3, 0.4) is 0 Å². The van der Waals surface area contributed by atoms with Crippen molar-refractivity contribution in [2.24, 2.45) is 0 Å². The number of hydrogen-bond donors (Lipinski definition) is 1. The Labute approximate surface area is 131 Å². The molecule has 0 aromatic carbocycles. The number of alkyl halides is 3. The Morgan fingerprint density at radius 1 is 1.43 bits per heavy atom. The fraction of sp³-hybridized carbons (Fsp3) is 0.571. The molecule has 0 radical (unpaired) electrons. The fourth-order valence-electron chi connectivity index (χ4n) is 2.65. The van der Waals surface area contributed by atoms with Gasteiger partial charge in [-0.25, -0.2) is 9.97 Å². The number of carbonyl (C=O) groups is 1. The second kappa shape index (κ2) is 6.40. The van der Waals surface area contributed by atoms with E-state index >= 15 is 0 Å². The maximum absolute atomic E-state index is 13.0. The lowest BCUT2D eigenvalue weighted by atomic mass is 9.97. The molecule has 0 unspecified atom stereocenters. The smallest absolute Gasteiger partial charge is 0.350 e. The Morgan fingerprint density at radius 3 is 2.70 bits per heavy atom. The number of nitriles is 1. The second-order valence-corrected chi connectivity index (χ2v) is 5.48. The van der Waals surface area contributed by atoms with Crippen LogP contribution >= 0.6 is 0 Å². The van der Waals surface area contributed by atoms with Gasteiger partial charge in [0.25, 0.3) is 0 Å². The number of aryl methyl sites for hydroxylation is 1. The van der Waals surface area contributed by atoms with E-state index in [0.717, 1.165) is 11.8 Å². The van der Waals surface area contributed by atoms with E-state index < -0.39 is 24.2 Å². The van der Waals surface area contributed by atoms with Crippen LogP contribution in [0.25, 0.3) is 0 Å². The number of amides is 1. The van der Waals surface area contributed by atoms with Crippen LogP contribution in [0.5, 0.6) is 0 Å². The van der Waals surface area contributed by atoms with E-state index in [1.54, 1.807) is 6.92 Å². The third-order valence-corrected chi connectivity index (χ3v) is 3.67. The van der Waals surface area contributed by atoms with Crippen LogP contribution in [-0.2, 0) is 4.79 Å². The third-order valence-electron chi connectivity index (χ3n) is 3.67. The summed E-state index contributed by atoms with van der Waals surface area (Å²) in [5.41, 5.74) is 0.749. The molecule has 1 aromatic rings. The first-order valence-electron chi connectivity index (χ1n) is 7.07. The molecule has 1 aliphatic rings. The van der Waals surface area contributed by atoms with Gasteiger partial charge < -0.3 is 10.2 Å². The minimum atomic E-state index is -4.44. The molecule has 0 spiro atoms. The van der Waals surface area contributed by atoms with Crippen molar-refractivity contribution >= 4 is 11.9 Å². The number of likely N-dealkylation sites (tertiary alicyclic amines) is 1. The predicted octanol–water partition coefficient (Wildman–Crippen LogP) is 2.01. The molecule has 0 bridgehead atoms. The van der Waals surface area contributed by atoms with Gasteiger partial charge in [0.05, 0.1) is 0 Å². The summed E-state index contributed by atoms with van der Waals surface area (Å²) in [7, 11) is 0. The SMILES string of the molecule is CC(=O)N1C[C@H](Nc2nc(C)cc(C#N)n2)CC[C@H]1C(F)(F)F. The Hall–Kier alpha value is -2.37. The summed E-state index contributed by atoms with van der Waals surface area (Å²) in [5, 5.41) is 11.8. The monoisotopic (exact) mass is 327 g/mol. The van der Waals surface area contributed by atoms with Gasteiger partial charge >= 0.3 is 6.18 Å². The number of aromatic nitrogens is 2. The van der Waals surface area contributed by atoms with Crippen molar-refractivity contribution in [1.82, 2.24) is 14.9 Å². The van der Waals surface area contributed by atoms with Crippen molar-refractivity contribution < 1.29 is 18.0 Å². The normalized spacial score (nSPS) is 21.7. The highest BCUT2D eigenvalue weighted by Gasteiger charge is 2.47. The molecule has 2 rings (SSSR count). The lowest BCUT2D eigenvalue weighted by molar-refractivity contribution is -0.195. The molecule has 23 heavy (non-hydrogen) atoms. The molecule has 2 atom stereocenters. The molecular weight excluding hydrogens is 311 g/mol. The summed E-state index contributed by atoms with van der Waals surface area (Å²) in [5.74, 6) is -0.442. The van der Waals surface area contributed by atoms with Gasteiger partial charge in [-0.2, -0.15) is 18.4 Å². The van der Waals surface area contributed by atoms with E-state index in [2.05, 4.69) is 15.3 Å². The Bertz CT molecular complexity index is 640. The van der Waals surface area contributed by atoms with Crippen LogP contribution in [-0.4, -0.2) is 45.6 Å². The number of hydrogen-bond acceptors (Lipinski definition) is 5. The average molecular weight is 327 g/mol. The highest BCUT2D eigenvalue weighted by molar-refractivity contribution is 5.74. The molecule has 9 heteroatoms.